The van der Waals surface area contributed by atoms with Crippen LogP contribution in [-0.4, -0.2) is 9.97 Å². The molecular weight excluding hydrogens is 241 g/mol. The number of benzene rings is 1. The Balaban J connectivity index is 2.23. The Morgan fingerprint density at radius 1 is 0.944 bits per heavy atom. The molecule has 18 heavy (non-hydrogen) atoms. The highest BCUT2D eigenvalue weighted by molar-refractivity contribution is 5.66. The van der Waals surface area contributed by atoms with E-state index < -0.39 is 11.7 Å². The number of alkyl halides is 3. The van der Waals surface area contributed by atoms with Crippen LogP contribution in [0.2, 0.25) is 0 Å². The highest BCUT2D eigenvalue weighted by atomic mass is 19.4. The monoisotopic (exact) mass is 250 g/mol. The van der Waals surface area contributed by atoms with Crippen molar-refractivity contribution >= 4 is 12.2 Å². The highest BCUT2D eigenvalue weighted by Gasteiger charge is 2.30. The molecule has 1 heterocycles. The molecule has 5 heteroatoms. The Hall–Kier alpha value is -2.17. The predicted octanol–water partition coefficient (Wildman–Crippen LogP) is 3.67. The lowest BCUT2D eigenvalue weighted by Crippen LogP contribution is -2.04. The number of halogens is 3. The summed E-state index contributed by atoms with van der Waals surface area (Å²) in [7, 11) is 0. The summed E-state index contributed by atoms with van der Waals surface area (Å²) < 4.78 is 37.4. The van der Waals surface area contributed by atoms with E-state index in [0.29, 0.717) is 11.4 Å². The topological polar surface area (TPSA) is 25.8 Å². The van der Waals surface area contributed by atoms with Gasteiger partial charge < -0.3 is 0 Å². The van der Waals surface area contributed by atoms with Crippen molar-refractivity contribution in [3.63, 3.8) is 0 Å². The Morgan fingerprint density at radius 2 is 1.67 bits per heavy atom. The van der Waals surface area contributed by atoms with E-state index in [1.165, 1.54) is 6.07 Å². The summed E-state index contributed by atoms with van der Waals surface area (Å²) in [6.45, 7) is 0. The first-order valence-corrected chi connectivity index (χ1v) is 5.18. The molecule has 0 aliphatic rings. The number of hydrogen-bond acceptors (Lipinski definition) is 2. The third-order valence-electron chi connectivity index (χ3n) is 2.22. The third-order valence-corrected chi connectivity index (χ3v) is 2.22. The Bertz CT molecular complexity index is 548. The van der Waals surface area contributed by atoms with Crippen LogP contribution in [0.25, 0.3) is 12.2 Å². The van der Waals surface area contributed by atoms with Crippen LogP contribution in [0.4, 0.5) is 13.2 Å². The smallest absolute Gasteiger partial charge is 0.237 e. The minimum atomic E-state index is -4.33. The maximum Gasteiger partial charge on any atom is 0.416 e. The van der Waals surface area contributed by atoms with Crippen LogP contribution >= 0.6 is 0 Å². The summed E-state index contributed by atoms with van der Waals surface area (Å²) in [5, 5.41) is 0. The molecule has 0 atom stereocenters. The van der Waals surface area contributed by atoms with E-state index >= 15 is 0 Å². The molecule has 92 valence electrons. The van der Waals surface area contributed by atoms with E-state index in [-0.39, 0.29) is 0 Å². The average Bonchev–Trinajstić information content (AvgIpc) is 2.37. The fraction of sp³-hybridized carbons (Fsp3) is 0.0769. The van der Waals surface area contributed by atoms with Crippen LogP contribution < -0.4 is 0 Å². The number of aromatic nitrogens is 2. The van der Waals surface area contributed by atoms with Crippen molar-refractivity contribution in [3.05, 3.63) is 59.7 Å². The molecule has 2 rings (SSSR count). The molecule has 0 N–H and O–H groups in total. The Morgan fingerprint density at radius 3 is 2.33 bits per heavy atom. The van der Waals surface area contributed by atoms with Crippen molar-refractivity contribution in [2.24, 2.45) is 0 Å². The van der Waals surface area contributed by atoms with Gasteiger partial charge in [-0.3, -0.25) is 0 Å². The summed E-state index contributed by atoms with van der Waals surface area (Å²) in [6, 6.07) is 6.75. The van der Waals surface area contributed by atoms with Crippen molar-refractivity contribution in [2.45, 2.75) is 6.18 Å². The maximum absolute atomic E-state index is 12.5. The summed E-state index contributed by atoms with van der Waals surface area (Å²) in [5.41, 5.74) is -0.212. The van der Waals surface area contributed by atoms with Gasteiger partial charge in [-0.2, -0.15) is 13.2 Å². The zero-order valence-electron chi connectivity index (χ0n) is 9.22. The van der Waals surface area contributed by atoms with Gasteiger partial charge in [0.25, 0.3) is 0 Å². The summed E-state index contributed by atoms with van der Waals surface area (Å²) in [5.74, 6) is 0.454. The van der Waals surface area contributed by atoms with Gasteiger partial charge in [-0.15, -0.1) is 0 Å². The molecule has 1 aromatic carbocycles. The first-order chi connectivity index (χ1) is 8.55. The van der Waals surface area contributed by atoms with E-state index in [1.54, 1.807) is 36.7 Å². The minimum absolute atomic E-state index is 0.454. The fourth-order valence-corrected chi connectivity index (χ4v) is 1.39. The van der Waals surface area contributed by atoms with Gasteiger partial charge in [-0.05, 0) is 29.8 Å². The first-order valence-electron chi connectivity index (χ1n) is 5.18. The van der Waals surface area contributed by atoms with Gasteiger partial charge in [0.1, 0.15) is 0 Å². The first kappa shape index (κ1) is 12.3. The molecule has 2 nitrogen and oxygen atoms in total. The van der Waals surface area contributed by atoms with Gasteiger partial charge in [0, 0.05) is 12.4 Å². The van der Waals surface area contributed by atoms with Gasteiger partial charge >= 0.3 is 6.18 Å². The van der Waals surface area contributed by atoms with Crippen LogP contribution in [0.1, 0.15) is 17.0 Å². The number of nitrogens with zero attached hydrogens (tertiary/aromatic N) is 2. The number of hydrogen-bond donors (Lipinski definition) is 0. The molecule has 0 aliphatic heterocycles. The van der Waals surface area contributed by atoms with Crippen LogP contribution in [-0.2, 0) is 6.18 Å². The van der Waals surface area contributed by atoms with E-state index in [1.807, 2.05) is 0 Å². The molecular formula is C13H9F3N2. The van der Waals surface area contributed by atoms with Crippen LogP contribution in [0.3, 0.4) is 0 Å². The van der Waals surface area contributed by atoms with Gasteiger partial charge in [-0.25, -0.2) is 9.97 Å². The Labute approximate surface area is 102 Å². The fourth-order valence-electron chi connectivity index (χ4n) is 1.39. The lowest BCUT2D eigenvalue weighted by Gasteiger charge is -2.06. The molecule has 0 bridgehead atoms. The highest BCUT2D eigenvalue weighted by Crippen LogP contribution is 2.29. The normalized spacial score (nSPS) is 11.9. The van der Waals surface area contributed by atoms with Crippen molar-refractivity contribution in [1.29, 1.82) is 0 Å². The lowest BCUT2D eigenvalue weighted by molar-refractivity contribution is -0.137. The average molecular weight is 250 g/mol. The second-order valence-corrected chi connectivity index (χ2v) is 3.56. The molecule has 1 aromatic heterocycles. The molecule has 2 aromatic rings. The zero-order valence-corrected chi connectivity index (χ0v) is 9.22. The summed E-state index contributed by atoms with van der Waals surface area (Å²) in [4.78, 5) is 7.89. The van der Waals surface area contributed by atoms with Crippen molar-refractivity contribution in [2.75, 3.05) is 0 Å². The second kappa shape index (κ2) is 5.00. The third kappa shape index (κ3) is 3.16. The SMILES string of the molecule is FC(F)(F)c1cccc(C=Cc2ncccn2)c1. The van der Waals surface area contributed by atoms with Crippen LogP contribution in [0, 0.1) is 0 Å². The molecule has 0 saturated heterocycles. The van der Waals surface area contributed by atoms with Gasteiger partial charge in [0.05, 0.1) is 5.56 Å². The molecule has 0 fully saturated rings. The zero-order chi connectivity index (χ0) is 13.0. The van der Waals surface area contributed by atoms with E-state index in [2.05, 4.69) is 9.97 Å². The molecule has 0 aliphatic carbocycles. The Kier molecular flexibility index (Phi) is 3.41. The van der Waals surface area contributed by atoms with Gasteiger partial charge in [0.15, 0.2) is 5.82 Å². The van der Waals surface area contributed by atoms with Crippen LogP contribution in [0.15, 0.2) is 42.7 Å². The van der Waals surface area contributed by atoms with Gasteiger partial charge in [-0.1, -0.05) is 18.2 Å². The number of rotatable bonds is 2. The largest absolute Gasteiger partial charge is 0.416 e. The van der Waals surface area contributed by atoms with Crippen LogP contribution in [0.5, 0.6) is 0 Å². The standard InChI is InChI=1S/C13H9F3N2/c14-13(15,16)11-4-1-3-10(9-11)5-6-12-17-7-2-8-18-12/h1-9H. The lowest BCUT2D eigenvalue weighted by atomic mass is 10.1. The molecule has 0 spiro atoms. The van der Waals surface area contributed by atoms with Gasteiger partial charge in [0.2, 0.25) is 0 Å². The van der Waals surface area contributed by atoms with Crippen molar-refractivity contribution < 1.29 is 13.2 Å². The molecule has 0 saturated carbocycles. The van der Waals surface area contributed by atoms with Crippen molar-refractivity contribution in [3.8, 4) is 0 Å². The summed E-state index contributed by atoms with van der Waals surface area (Å²) >= 11 is 0. The minimum Gasteiger partial charge on any atom is -0.237 e. The second-order valence-electron chi connectivity index (χ2n) is 3.56. The van der Waals surface area contributed by atoms with E-state index in [0.717, 1.165) is 12.1 Å². The summed E-state index contributed by atoms with van der Waals surface area (Å²) in [6.07, 6.45) is 1.92. The van der Waals surface area contributed by atoms with E-state index in [4.69, 9.17) is 0 Å². The predicted molar refractivity (Wildman–Crippen MR) is 62.4 cm³/mol. The van der Waals surface area contributed by atoms with E-state index in [9.17, 15) is 13.2 Å². The molecule has 0 unspecified atom stereocenters. The molecule has 0 amide bonds. The molecule has 0 radical (unpaired) electrons. The maximum atomic E-state index is 12.5. The van der Waals surface area contributed by atoms with Crippen molar-refractivity contribution in [1.82, 2.24) is 9.97 Å². The quantitative estimate of drug-likeness (QED) is 0.812.